The maximum Gasteiger partial charge on any atom is 0.340 e. The summed E-state index contributed by atoms with van der Waals surface area (Å²) in [6, 6.07) is 7.49. The molecule has 3 heteroatoms. The van der Waals surface area contributed by atoms with Crippen LogP contribution in [0.1, 0.15) is 49.4 Å². The molecule has 0 aromatic heterocycles. The lowest BCUT2D eigenvalue weighted by Gasteiger charge is -2.28. The Morgan fingerprint density at radius 2 is 2.16 bits per heavy atom. The van der Waals surface area contributed by atoms with Crippen LogP contribution in [-0.2, 0) is 4.74 Å². The molecule has 2 rings (SSSR count). The lowest BCUT2D eigenvalue weighted by atomic mass is 9.85. The van der Waals surface area contributed by atoms with E-state index in [1.807, 2.05) is 31.3 Å². The molecule has 19 heavy (non-hydrogen) atoms. The fourth-order valence-corrected chi connectivity index (χ4v) is 2.81. The fraction of sp³-hybridized carbons (Fsp3) is 0.562. The van der Waals surface area contributed by atoms with Crippen LogP contribution in [0.4, 0.5) is 5.69 Å². The molecule has 2 unspecified atom stereocenters. The second-order valence-electron chi connectivity index (χ2n) is 5.26. The van der Waals surface area contributed by atoms with Crippen molar-refractivity contribution < 1.29 is 9.53 Å². The maximum absolute atomic E-state index is 12.2. The zero-order valence-corrected chi connectivity index (χ0v) is 11.8. The number of nitrogens with one attached hydrogen (secondary N) is 1. The highest BCUT2D eigenvalue weighted by molar-refractivity contribution is 5.95. The van der Waals surface area contributed by atoms with Crippen LogP contribution in [0.2, 0.25) is 0 Å². The number of carbonyl (C=O) groups excluding carboxylic acids is 1. The van der Waals surface area contributed by atoms with Gasteiger partial charge in [0.05, 0.1) is 5.56 Å². The van der Waals surface area contributed by atoms with Gasteiger partial charge in [0.25, 0.3) is 0 Å². The summed E-state index contributed by atoms with van der Waals surface area (Å²) < 4.78 is 5.67. The lowest BCUT2D eigenvalue weighted by Crippen LogP contribution is -2.25. The third-order valence-electron chi connectivity index (χ3n) is 4.00. The van der Waals surface area contributed by atoms with Gasteiger partial charge in [-0.05, 0) is 37.3 Å². The van der Waals surface area contributed by atoms with E-state index in [9.17, 15) is 4.79 Å². The summed E-state index contributed by atoms with van der Waals surface area (Å²) in [7, 11) is 1.82. The number of carbonyl (C=O) groups is 1. The second-order valence-corrected chi connectivity index (χ2v) is 5.26. The number of rotatable bonds is 4. The quantitative estimate of drug-likeness (QED) is 0.836. The van der Waals surface area contributed by atoms with Gasteiger partial charge in [0.1, 0.15) is 6.10 Å². The normalized spacial score (nSPS) is 22.8. The van der Waals surface area contributed by atoms with Crippen molar-refractivity contribution in [3.63, 3.8) is 0 Å². The van der Waals surface area contributed by atoms with Gasteiger partial charge in [-0.25, -0.2) is 4.79 Å². The predicted molar refractivity (Wildman–Crippen MR) is 77.4 cm³/mol. The summed E-state index contributed by atoms with van der Waals surface area (Å²) in [4.78, 5) is 12.2. The first-order valence-electron chi connectivity index (χ1n) is 7.22. The molecule has 1 aromatic carbocycles. The Balaban J connectivity index is 2.00. The standard InChI is InChI=1S/C16H23NO2/c1-3-12-7-6-8-13(11-12)19-16(18)14-9-4-5-10-15(14)17-2/h4-5,9-10,12-13,17H,3,6-8,11H2,1-2H3. The number of esters is 1. The van der Waals surface area contributed by atoms with Crippen molar-refractivity contribution in [1.29, 1.82) is 0 Å². The molecule has 104 valence electrons. The van der Waals surface area contributed by atoms with E-state index in [0.29, 0.717) is 11.5 Å². The Labute approximate surface area is 115 Å². The van der Waals surface area contributed by atoms with Gasteiger partial charge in [0, 0.05) is 12.7 Å². The largest absolute Gasteiger partial charge is 0.459 e. The SMILES string of the molecule is CCC1CCCC(OC(=O)c2ccccc2NC)C1. The summed E-state index contributed by atoms with van der Waals surface area (Å²) in [6.07, 6.45) is 5.74. The minimum atomic E-state index is -0.202. The molecule has 0 radical (unpaired) electrons. The number of hydrogen-bond donors (Lipinski definition) is 1. The van der Waals surface area contributed by atoms with Gasteiger partial charge in [-0.15, -0.1) is 0 Å². The molecule has 1 N–H and O–H groups in total. The van der Waals surface area contributed by atoms with Crippen molar-refractivity contribution >= 4 is 11.7 Å². The molecule has 2 atom stereocenters. The highest BCUT2D eigenvalue weighted by Gasteiger charge is 2.24. The van der Waals surface area contributed by atoms with Crippen LogP contribution in [0.25, 0.3) is 0 Å². The summed E-state index contributed by atoms with van der Waals surface area (Å²) in [5, 5.41) is 3.03. The molecule has 0 heterocycles. The van der Waals surface area contributed by atoms with Gasteiger partial charge >= 0.3 is 5.97 Å². The van der Waals surface area contributed by atoms with E-state index in [0.717, 1.165) is 18.5 Å². The highest BCUT2D eigenvalue weighted by Crippen LogP contribution is 2.29. The van der Waals surface area contributed by atoms with Gasteiger partial charge in [-0.3, -0.25) is 0 Å². The molecular weight excluding hydrogens is 238 g/mol. The smallest absolute Gasteiger partial charge is 0.340 e. The topological polar surface area (TPSA) is 38.3 Å². The second kappa shape index (κ2) is 6.60. The van der Waals surface area contributed by atoms with Crippen LogP contribution < -0.4 is 5.32 Å². The molecule has 1 aliphatic carbocycles. The summed E-state index contributed by atoms with van der Waals surface area (Å²) >= 11 is 0. The first-order chi connectivity index (χ1) is 9.24. The van der Waals surface area contributed by atoms with E-state index in [4.69, 9.17) is 4.74 Å². The first kappa shape index (κ1) is 13.9. The number of anilines is 1. The van der Waals surface area contributed by atoms with E-state index in [1.165, 1.54) is 19.3 Å². The molecule has 0 spiro atoms. The third-order valence-corrected chi connectivity index (χ3v) is 4.00. The van der Waals surface area contributed by atoms with Crippen molar-refractivity contribution in [1.82, 2.24) is 0 Å². The summed E-state index contributed by atoms with van der Waals surface area (Å²) in [5.74, 6) is 0.512. The van der Waals surface area contributed by atoms with Crippen LogP contribution in [-0.4, -0.2) is 19.1 Å². The Morgan fingerprint density at radius 1 is 1.37 bits per heavy atom. The Morgan fingerprint density at radius 3 is 2.89 bits per heavy atom. The average molecular weight is 261 g/mol. The Kier molecular flexibility index (Phi) is 4.83. The van der Waals surface area contributed by atoms with E-state index < -0.39 is 0 Å². The highest BCUT2D eigenvalue weighted by atomic mass is 16.5. The zero-order chi connectivity index (χ0) is 13.7. The van der Waals surface area contributed by atoms with E-state index in [2.05, 4.69) is 12.2 Å². The predicted octanol–water partition coefficient (Wildman–Crippen LogP) is 3.85. The molecule has 1 fully saturated rings. The molecule has 0 amide bonds. The fourth-order valence-electron chi connectivity index (χ4n) is 2.81. The van der Waals surface area contributed by atoms with E-state index in [1.54, 1.807) is 0 Å². The van der Waals surface area contributed by atoms with E-state index >= 15 is 0 Å². The van der Waals surface area contributed by atoms with Crippen LogP contribution in [0.3, 0.4) is 0 Å². The number of ether oxygens (including phenoxy) is 1. The summed E-state index contributed by atoms with van der Waals surface area (Å²) in [6.45, 7) is 2.21. The molecule has 3 nitrogen and oxygen atoms in total. The monoisotopic (exact) mass is 261 g/mol. The third kappa shape index (κ3) is 3.49. The Bertz CT molecular complexity index is 431. The van der Waals surface area contributed by atoms with Crippen LogP contribution >= 0.6 is 0 Å². The van der Waals surface area contributed by atoms with Gasteiger partial charge in [0.2, 0.25) is 0 Å². The molecule has 0 saturated heterocycles. The average Bonchev–Trinajstić information content (AvgIpc) is 2.47. The zero-order valence-electron chi connectivity index (χ0n) is 11.8. The molecule has 0 bridgehead atoms. The van der Waals surface area contributed by atoms with Gasteiger partial charge in [-0.1, -0.05) is 31.9 Å². The summed E-state index contributed by atoms with van der Waals surface area (Å²) in [5.41, 5.74) is 1.46. The molecule has 1 saturated carbocycles. The number of hydrogen-bond acceptors (Lipinski definition) is 3. The first-order valence-corrected chi connectivity index (χ1v) is 7.22. The molecule has 1 aromatic rings. The van der Waals surface area contributed by atoms with Crippen LogP contribution in [0, 0.1) is 5.92 Å². The van der Waals surface area contributed by atoms with E-state index in [-0.39, 0.29) is 12.1 Å². The Hall–Kier alpha value is -1.51. The minimum absolute atomic E-state index is 0.0936. The molecular formula is C16H23NO2. The van der Waals surface area contributed by atoms with Crippen LogP contribution in [0.15, 0.2) is 24.3 Å². The van der Waals surface area contributed by atoms with Crippen LogP contribution in [0.5, 0.6) is 0 Å². The maximum atomic E-state index is 12.2. The van der Waals surface area contributed by atoms with Gasteiger partial charge < -0.3 is 10.1 Å². The van der Waals surface area contributed by atoms with Crippen molar-refractivity contribution in [2.45, 2.75) is 45.1 Å². The van der Waals surface area contributed by atoms with Crippen molar-refractivity contribution in [2.24, 2.45) is 5.92 Å². The molecule has 0 aliphatic heterocycles. The van der Waals surface area contributed by atoms with Crippen molar-refractivity contribution in [3.8, 4) is 0 Å². The number of para-hydroxylation sites is 1. The molecule has 1 aliphatic rings. The number of benzene rings is 1. The van der Waals surface area contributed by atoms with Gasteiger partial charge in [-0.2, -0.15) is 0 Å². The van der Waals surface area contributed by atoms with Crippen molar-refractivity contribution in [2.75, 3.05) is 12.4 Å². The van der Waals surface area contributed by atoms with Crippen molar-refractivity contribution in [3.05, 3.63) is 29.8 Å². The minimum Gasteiger partial charge on any atom is -0.459 e. The lowest BCUT2D eigenvalue weighted by molar-refractivity contribution is 0.0141. The van der Waals surface area contributed by atoms with Gasteiger partial charge in [0.15, 0.2) is 0 Å².